The molecule has 2 rings (SSSR count). The number of ether oxygens (including phenoxy) is 2. The standard InChI is InChI=1S/C18H22N6O5S/c1-5-15-21-23-16(30-15)22-20-13-9-8-12(10-14(13)19-11(4)25)24(17(26)28-6-2)18(27)29-7-3/h8-10H,5-7H2,1-4H3,(H,19,25). The van der Waals surface area contributed by atoms with Gasteiger partial charge in [0.2, 0.25) is 5.91 Å². The van der Waals surface area contributed by atoms with Crippen LogP contribution in [0.15, 0.2) is 28.4 Å². The number of amides is 3. The van der Waals surface area contributed by atoms with Gasteiger partial charge in [-0.25, -0.2) is 9.59 Å². The highest BCUT2D eigenvalue weighted by atomic mass is 32.1. The smallest absolute Gasteiger partial charge is 0.424 e. The van der Waals surface area contributed by atoms with Gasteiger partial charge in [0.25, 0.3) is 5.13 Å². The Hall–Kier alpha value is -3.41. The molecule has 0 fully saturated rings. The molecule has 30 heavy (non-hydrogen) atoms. The Morgan fingerprint density at radius 1 is 1.07 bits per heavy atom. The minimum Gasteiger partial charge on any atom is -0.449 e. The first kappa shape index (κ1) is 22.9. The summed E-state index contributed by atoms with van der Waals surface area (Å²) in [6, 6.07) is 4.36. The number of benzene rings is 1. The van der Waals surface area contributed by atoms with Crippen molar-refractivity contribution < 1.29 is 23.9 Å². The van der Waals surface area contributed by atoms with Crippen molar-refractivity contribution in [3.63, 3.8) is 0 Å². The number of hydrogen-bond acceptors (Lipinski definition) is 10. The number of aryl methyl sites for hydroxylation is 1. The van der Waals surface area contributed by atoms with E-state index in [9.17, 15) is 14.4 Å². The maximum atomic E-state index is 12.3. The number of rotatable bonds is 7. The summed E-state index contributed by atoms with van der Waals surface area (Å²) in [7, 11) is 0. The highest BCUT2D eigenvalue weighted by Crippen LogP contribution is 2.32. The van der Waals surface area contributed by atoms with Crippen LogP contribution in [-0.2, 0) is 20.7 Å². The van der Waals surface area contributed by atoms with Crippen molar-refractivity contribution >= 4 is 51.6 Å². The molecule has 0 spiro atoms. The molecule has 0 aliphatic heterocycles. The van der Waals surface area contributed by atoms with Crippen LogP contribution in [0.5, 0.6) is 0 Å². The van der Waals surface area contributed by atoms with Crippen LogP contribution in [-0.4, -0.2) is 41.5 Å². The van der Waals surface area contributed by atoms with Gasteiger partial charge in [-0.3, -0.25) is 4.79 Å². The molecule has 0 radical (unpaired) electrons. The third kappa shape index (κ3) is 6.04. The molecule has 2 aromatic rings. The van der Waals surface area contributed by atoms with E-state index in [2.05, 4.69) is 25.7 Å². The molecule has 1 aromatic heterocycles. The van der Waals surface area contributed by atoms with Crippen molar-refractivity contribution in [3.8, 4) is 0 Å². The number of azo groups is 1. The second-order valence-corrected chi connectivity index (χ2v) is 6.69. The molecule has 0 aliphatic carbocycles. The lowest BCUT2D eigenvalue weighted by atomic mass is 10.2. The first-order valence-electron chi connectivity index (χ1n) is 9.18. The van der Waals surface area contributed by atoms with Gasteiger partial charge in [0.05, 0.1) is 24.6 Å². The van der Waals surface area contributed by atoms with Crippen molar-refractivity contribution in [3.05, 3.63) is 23.2 Å². The van der Waals surface area contributed by atoms with Crippen molar-refractivity contribution in [2.75, 3.05) is 23.4 Å². The summed E-state index contributed by atoms with van der Waals surface area (Å²) in [6.45, 7) is 6.65. The predicted molar refractivity (Wildman–Crippen MR) is 111 cm³/mol. The second-order valence-electron chi connectivity index (χ2n) is 5.65. The normalized spacial score (nSPS) is 10.7. The molecule has 1 aromatic carbocycles. The predicted octanol–water partition coefficient (Wildman–Crippen LogP) is 4.59. The van der Waals surface area contributed by atoms with Crippen molar-refractivity contribution in [2.24, 2.45) is 10.2 Å². The van der Waals surface area contributed by atoms with Gasteiger partial charge in [0.1, 0.15) is 10.7 Å². The Morgan fingerprint density at radius 2 is 1.73 bits per heavy atom. The summed E-state index contributed by atoms with van der Waals surface area (Å²) >= 11 is 1.30. The molecule has 160 valence electrons. The maximum absolute atomic E-state index is 12.3. The van der Waals surface area contributed by atoms with Crippen molar-refractivity contribution in [1.29, 1.82) is 0 Å². The van der Waals surface area contributed by atoms with Gasteiger partial charge < -0.3 is 14.8 Å². The van der Waals surface area contributed by atoms with Gasteiger partial charge in [0.15, 0.2) is 0 Å². The summed E-state index contributed by atoms with van der Waals surface area (Å²) in [5.41, 5.74) is 0.677. The van der Waals surface area contributed by atoms with Crippen LogP contribution in [0.3, 0.4) is 0 Å². The second kappa shape index (κ2) is 11.0. The van der Waals surface area contributed by atoms with Crippen molar-refractivity contribution in [1.82, 2.24) is 10.2 Å². The van der Waals surface area contributed by atoms with Crippen LogP contribution in [0.25, 0.3) is 0 Å². The monoisotopic (exact) mass is 434 g/mol. The number of aromatic nitrogens is 2. The van der Waals surface area contributed by atoms with Crippen LogP contribution in [0, 0.1) is 0 Å². The van der Waals surface area contributed by atoms with Gasteiger partial charge in [-0.1, -0.05) is 18.3 Å². The number of nitrogens with zero attached hydrogens (tertiary/aromatic N) is 5. The van der Waals surface area contributed by atoms with E-state index in [1.807, 2.05) is 6.92 Å². The molecule has 11 nitrogen and oxygen atoms in total. The zero-order valence-electron chi connectivity index (χ0n) is 17.0. The molecule has 12 heteroatoms. The van der Waals surface area contributed by atoms with Crippen molar-refractivity contribution in [2.45, 2.75) is 34.1 Å². The average Bonchev–Trinajstić information content (AvgIpc) is 3.15. The fraction of sp³-hybridized carbons (Fsp3) is 0.389. The average molecular weight is 434 g/mol. The summed E-state index contributed by atoms with van der Waals surface area (Å²) in [4.78, 5) is 36.9. The van der Waals surface area contributed by atoms with Gasteiger partial charge in [-0.2, -0.15) is 4.90 Å². The number of anilines is 2. The van der Waals surface area contributed by atoms with Gasteiger partial charge in [-0.05, 0) is 38.5 Å². The van der Waals surface area contributed by atoms with Gasteiger partial charge in [-0.15, -0.1) is 20.4 Å². The molecular weight excluding hydrogens is 412 g/mol. The lowest BCUT2D eigenvalue weighted by Gasteiger charge is -2.20. The van der Waals surface area contributed by atoms with E-state index < -0.39 is 12.2 Å². The minimum atomic E-state index is -0.903. The van der Waals surface area contributed by atoms with E-state index in [1.54, 1.807) is 13.8 Å². The summed E-state index contributed by atoms with van der Waals surface area (Å²) in [5.74, 6) is -0.369. The number of carbonyl (C=O) groups excluding carboxylic acids is 3. The first-order chi connectivity index (χ1) is 14.4. The Bertz CT molecular complexity index is 927. The molecule has 1 heterocycles. The number of nitrogens with one attached hydrogen (secondary N) is 1. The molecule has 0 aliphatic rings. The third-order valence-electron chi connectivity index (χ3n) is 3.45. The lowest BCUT2D eigenvalue weighted by Crippen LogP contribution is -2.38. The van der Waals surface area contributed by atoms with E-state index in [1.165, 1.54) is 36.5 Å². The zero-order valence-corrected chi connectivity index (χ0v) is 17.9. The third-order valence-corrected chi connectivity index (χ3v) is 4.40. The van der Waals surface area contributed by atoms with Crippen LogP contribution < -0.4 is 10.2 Å². The fourth-order valence-corrected chi connectivity index (χ4v) is 2.83. The molecular formula is C18H22N6O5S. The molecule has 0 atom stereocenters. The molecule has 0 saturated carbocycles. The summed E-state index contributed by atoms with van der Waals surface area (Å²) < 4.78 is 9.88. The van der Waals surface area contributed by atoms with E-state index in [0.717, 1.165) is 16.3 Å². The Kier molecular flexibility index (Phi) is 8.35. The van der Waals surface area contributed by atoms with Gasteiger partial charge in [0, 0.05) is 6.92 Å². The molecule has 3 amide bonds. The number of imide groups is 1. The Morgan fingerprint density at radius 3 is 2.27 bits per heavy atom. The van der Waals surface area contributed by atoms with E-state index in [0.29, 0.717) is 10.8 Å². The number of carbonyl (C=O) groups is 3. The largest absolute Gasteiger partial charge is 0.449 e. The zero-order chi connectivity index (χ0) is 22.1. The van der Waals surface area contributed by atoms with Crippen LogP contribution in [0.1, 0.15) is 32.7 Å². The Labute approximate surface area is 177 Å². The Balaban J connectivity index is 2.42. The van der Waals surface area contributed by atoms with Crippen LogP contribution >= 0.6 is 11.3 Å². The highest BCUT2D eigenvalue weighted by Gasteiger charge is 2.27. The minimum absolute atomic E-state index is 0.0706. The van der Waals surface area contributed by atoms with Crippen LogP contribution in [0.4, 0.5) is 31.8 Å². The SMILES string of the molecule is CCOC(=O)N(C(=O)OCC)c1ccc(N=Nc2nnc(CC)s2)c(NC(C)=O)c1. The lowest BCUT2D eigenvalue weighted by molar-refractivity contribution is -0.114. The first-order valence-corrected chi connectivity index (χ1v) is 10.0. The number of hydrogen-bond donors (Lipinski definition) is 1. The summed E-state index contributed by atoms with van der Waals surface area (Å²) in [5, 5.41) is 19.8. The fourth-order valence-electron chi connectivity index (χ4n) is 2.23. The quantitative estimate of drug-likeness (QED) is 0.629. The van der Waals surface area contributed by atoms with E-state index in [-0.39, 0.29) is 30.5 Å². The molecule has 1 N–H and O–H groups in total. The molecule has 0 saturated heterocycles. The van der Waals surface area contributed by atoms with E-state index >= 15 is 0 Å². The van der Waals surface area contributed by atoms with Crippen LogP contribution in [0.2, 0.25) is 0 Å². The maximum Gasteiger partial charge on any atom is 0.424 e. The molecule has 0 unspecified atom stereocenters. The highest BCUT2D eigenvalue weighted by molar-refractivity contribution is 7.14. The van der Waals surface area contributed by atoms with Gasteiger partial charge >= 0.3 is 12.2 Å². The summed E-state index contributed by atoms with van der Waals surface area (Å²) in [6.07, 6.45) is -1.07. The molecule has 0 bridgehead atoms. The topological polar surface area (TPSA) is 135 Å². The van der Waals surface area contributed by atoms with E-state index in [4.69, 9.17) is 9.47 Å².